The number of hydrogen-bond acceptors (Lipinski definition) is 3. The van der Waals surface area contributed by atoms with Gasteiger partial charge < -0.3 is 4.98 Å². The van der Waals surface area contributed by atoms with Gasteiger partial charge in [0.25, 0.3) is 0 Å². The summed E-state index contributed by atoms with van der Waals surface area (Å²) in [5.74, 6) is 0.182. The van der Waals surface area contributed by atoms with Gasteiger partial charge in [0, 0.05) is 41.4 Å². The smallest absolute Gasteiger partial charge is 0.240 e. The maximum atomic E-state index is 12.1. The molecule has 1 fully saturated rings. The number of hydrogen-bond donors (Lipinski definition) is 2. The average Bonchev–Trinajstić information content (AvgIpc) is 3.04. The Labute approximate surface area is 141 Å². The number of carbonyl (C=O) groups excluding carboxylic acids is 2. The summed E-state index contributed by atoms with van der Waals surface area (Å²) in [5.41, 5.74) is 4.46. The van der Waals surface area contributed by atoms with Gasteiger partial charge in [-0.15, -0.1) is 0 Å². The first-order valence-corrected chi connectivity index (χ1v) is 8.65. The molecular formula is C19H23N3O2. The van der Waals surface area contributed by atoms with Crippen molar-refractivity contribution >= 4 is 28.8 Å². The minimum atomic E-state index is -0.213. The van der Waals surface area contributed by atoms with Crippen LogP contribution in [-0.4, -0.2) is 22.9 Å². The van der Waals surface area contributed by atoms with E-state index in [1.165, 1.54) is 6.42 Å². The zero-order chi connectivity index (χ0) is 16.8. The molecule has 5 heteroatoms. The van der Waals surface area contributed by atoms with E-state index in [2.05, 4.69) is 15.5 Å². The molecule has 2 aromatic rings. The van der Waals surface area contributed by atoms with Crippen LogP contribution in [0.3, 0.4) is 0 Å². The molecule has 0 unspecified atom stereocenters. The predicted molar refractivity (Wildman–Crippen MR) is 94.9 cm³/mol. The summed E-state index contributed by atoms with van der Waals surface area (Å²) < 4.78 is 0. The molecule has 0 radical (unpaired) electrons. The number of benzene rings is 1. The number of nitrogens with one attached hydrogen (secondary N) is 2. The minimum Gasteiger partial charge on any atom is -0.361 e. The molecule has 0 spiro atoms. The molecule has 1 saturated carbocycles. The van der Waals surface area contributed by atoms with Gasteiger partial charge in [0.1, 0.15) is 5.78 Å². The van der Waals surface area contributed by atoms with Gasteiger partial charge in [-0.2, -0.15) is 5.10 Å². The number of rotatable bonds is 6. The van der Waals surface area contributed by atoms with Crippen molar-refractivity contribution in [2.45, 2.75) is 44.9 Å². The van der Waals surface area contributed by atoms with E-state index in [1.807, 2.05) is 30.5 Å². The molecule has 126 valence electrons. The molecule has 0 bridgehead atoms. The maximum absolute atomic E-state index is 12.1. The van der Waals surface area contributed by atoms with Crippen molar-refractivity contribution in [2.75, 3.05) is 0 Å². The summed E-state index contributed by atoms with van der Waals surface area (Å²) in [4.78, 5) is 27.1. The molecule has 1 aliphatic carbocycles. The summed E-state index contributed by atoms with van der Waals surface area (Å²) in [6.07, 6.45) is 9.48. The largest absolute Gasteiger partial charge is 0.361 e. The molecular weight excluding hydrogens is 302 g/mol. The fraction of sp³-hybridized carbons (Fsp3) is 0.421. The zero-order valence-electron chi connectivity index (χ0n) is 13.8. The van der Waals surface area contributed by atoms with Gasteiger partial charge in [-0.05, 0) is 18.9 Å². The second-order valence-corrected chi connectivity index (χ2v) is 6.38. The highest BCUT2D eigenvalue weighted by Gasteiger charge is 2.21. The molecule has 0 atom stereocenters. The lowest BCUT2D eigenvalue weighted by molar-refractivity contribution is -0.127. The first-order valence-electron chi connectivity index (χ1n) is 8.65. The van der Waals surface area contributed by atoms with E-state index in [1.54, 1.807) is 6.21 Å². The molecule has 2 N–H and O–H groups in total. The topological polar surface area (TPSA) is 74.3 Å². The van der Waals surface area contributed by atoms with E-state index in [4.69, 9.17) is 0 Å². The third-order valence-corrected chi connectivity index (χ3v) is 4.67. The first-order chi connectivity index (χ1) is 11.7. The van der Waals surface area contributed by atoms with Gasteiger partial charge in [0.15, 0.2) is 0 Å². The van der Waals surface area contributed by atoms with Crippen LogP contribution in [-0.2, 0) is 9.59 Å². The number of nitrogens with zero attached hydrogens (tertiary/aromatic N) is 1. The third kappa shape index (κ3) is 4.10. The van der Waals surface area contributed by atoms with Crippen LogP contribution in [0.25, 0.3) is 10.9 Å². The number of aromatic amines is 1. The number of fused-ring (bicyclic) bond motifs is 1. The van der Waals surface area contributed by atoms with E-state index >= 15 is 0 Å². The van der Waals surface area contributed by atoms with Crippen LogP contribution in [0.4, 0.5) is 0 Å². The van der Waals surface area contributed by atoms with Crippen molar-refractivity contribution in [1.82, 2.24) is 10.4 Å². The molecule has 1 aromatic carbocycles. The Hall–Kier alpha value is -2.43. The Balaban J connectivity index is 1.46. The quantitative estimate of drug-likeness (QED) is 0.629. The Kier molecular flexibility index (Phi) is 5.41. The second kappa shape index (κ2) is 7.90. The monoisotopic (exact) mass is 325 g/mol. The third-order valence-electron chi connectivity index (χ3n) is 4.67. The number of aromatic nitrogens is 1. The number of ketones is 1. The van der Waals surface area contributed by atoms with Gasteiger partial charge in [0.2, 0.25) is 5.91 Å². The summed E-state index contributed by atoms with van der Waals surface area (Å²) in [6, 6.07) is 7.91. The van der Waals surface area contributed by atoms with Crippen molar-refractivity contribution in [3.63, 3.8) is 0 Å². The van der Waals surface area contributed by atoms with E-state index < -0.39 is 0 Å². The summed E-state index contributed by atoms with van der Waals surface area (Å²) in [5, 5.41) is 5.06. The standard InChI is InChI=1S/C19H23N3O2/c23-18(14-6-2-1-3-7-14)10-11-19(24)22-21-13-15-12-20-17-9-5-4-8-16(15)17/h4-5,8-9,12-14,20H,1-3,6-7,10-11H2,(H,22,24)/b21-13+. The predicted octanol–water partition coefficient (Wildman–Crippen LogP) is 3.55. The Morgan fingerprint density at radius 3 is 2.79 bits per heavy atom. The van der Waals surface area contributed by atoms with Gasteiger partial charge in [0.05, 0.1) is 6.21 Å². The zero-order valence-corrected chi connectivity index (χ0v) is 13.8. The summed E-state index contributed by atoms with van der Waals surface area (Å²) in [7, 11) is 0. The summed E-state index contributed by atoms with van der Waals surface area (Å²) >= 11 is 0. The molecule has 3 rings (SSSR count). The van der Waals surface area contributed by atoms with E-state index in [0.717, 1.165) is 42.1 Å². The van der Waals surface area contributed by atoms with Crippen molar-refractivity contribution in [3.8, 4) is 0 Å². The highest BCUT2D eigenvalue weighted by atomic mass is 16.2. The lowest BCUT2D eigenvalue weighted by Crippen LogP contribution is -2.22. The van der Waals surface area contributed by atoms with Crippen LogP contribution < -0.4 is 5.43 Å². The molecule has 0 aliphatic heterocycles. The second-order valence-electron chi connectivity index (χ2n) is 6.38. The molecule has 1 amide bonds. The maximum Gasteiger partial charge on any atom is 0.240 e. The number of Topliss-reactive ketones (excluding diaryl/α,β-unsaturated/α-hetero) is 1. The SMILES string of the molecule is O=C(CCC(=O)C1CCCCC1)N/N=C/c1c[nH]c2ccccc12. The fourth-order valence-electron chi connectivity index (χ4n) is 3.30. The van der Waals surface area contributed by atoms with Crippen molar-refractivity contribution in [1.29, 1.82) is 0 Å². The molecule has 0 saturated heterocycles. The number of H-pyrrole nitrogens is 1. The molecule has 1 heterocycles. The van der Waals surface area contributed by atoms with Crippen molar-refractivity contribution in [2.24, 2.45) is 11.0 Å². The molecule has 1 aromatic heterocycles. The Bertz CT molecular complexity index is 742. The lowest BCUT2D eigenvalue weighted by Gasteiger charge is -2.19. The van der Waals surface area contributed by atoms with Crippen LogP contribution in [0.2, 0.25) is 0 Å². The first kappa shape index (κ1) is 16.4. The number of para-hydroxylation sites is 1. The highest BCUT2D eigenvalue weighted by molar-refractivity contribution is 5.99. The van der Waals surface area contributed by atoms with Crippen LogP contribution >= 0.6 is 0 Å². The Morgan fingerprint density at radius 1 is 1.17 bits per heavy atom. The van der Waals surface area contributed by atoms with E-state index in [0.29, 0.717) is 6.42 Å². The average molecular weight is 325 g/mol. The van der Waals surface area contributed by atoms with Gasteiger partial charge >= 0.3 is 0 Å². The normalized spacial score (nSPS) is 15.8. The van der Waals surface area contributed by atoms with E-state index in [9.17, 15) is 9.59 Å². The van der Waals surface area contributed by atoms with Gasteiger partial charge in [-0.25, -0.2) is 5.43 Å². The highest BCUT2D eigenvalue weighted by Crippen LogP contribution is 2.25. The summed E-state index contributed by atoms with van der Waals surface area (Å²) in [6.45, 7) is 0. The van der Waals surface area contributed by atoms with Gasteiger partial charge in [-0.3, -0.25) is 9.59 Å². The van der Waals surface area contributed by atoms with E-state index in [-0.39, 0.29) is 24.0 Å². The van der Waals surface area contributed by atoms with Crippen LogP contribution in [0.15, 0.2) is 35.6 Å². The van der Waals surface area contributed by atoms with Gasteiger partial charge in [-0.1, -0.05) is 37.5 Å². The van der Waals surface area contributed by atoms with Crippen molar-refractivity contribution in [3.05, 3.63) is 36.0 Å². The number of amides is 1. The molecule has 1 aliphatic rings. The van der Waals surface area contributed by atoms with Crippen molar-refractivity contribution < 1.29 is 9.59 Å². The van der Waals surface area contributed by atoms with Crippen LogP contribution in [0.1, 0.15) is 50.5 Å². The van der Waals surface area contributed by atoms with Crippen LogP contribution in [0.5, 0.6) is 0 Å². The lowest BCUT2D eigenvalue weighted by atomic mass is 9.85. The number of carbonyl (C=O) groups is 2. The minimum absolute atomic E-state index is 0.168. The molecule has 24 heavy (non-hydrogen) atoms. The molecule has 5 nitrogen and oxygen atoms in total. The Morgan fingerprint density at radius 2 is 1.96 bits per heavy atom. The van der Waals surface area contributed by atoms with Crippen LogP contribution in [0, 0.1) is 5.92 Å². The fourth-order valence-corrected chi connectivity index (χ4v) is 3.30. The number of hydrazone groups is 1.